The van der Waals surface area contributed by atoms with Gasteiger partial charge in [-0.05, 0) is 12.5 Å². The number of likely N-dealkylation sites (tertiary alicyclic amines) is 1. The normalized spacial score (nSPS) is 26.3. The molecule has 4 rings (SSSR count). The number of hydrogen-bond acceptors (Lipinski definition) is 7. The van der Waals surface area contributed by atoms with Crippen LogP contribution >= 0.6 is 0 Å². The Kier molecular flexibility index (Phi) is 4.60. The third-order valence-corrected chi connectivity index (χ3v) is 7.19. The third-order valence-electron chi connectivity index (χ3n) is 5.16. The monoisotopic (exact) mass is 378 g/mol. The fourth-order valence-electron chi connectivity index (χ4n) is 3.78. The molecule has 1 atom stereocenters. The molecule has 1 aromatic rings. The Morgan fingerprint density at radius 1 is 1.19 bits per heavy atom. The average molecular weight is 378 g/mol. The predicted octanol–water partition coefficient (Wildman–Crippen LogP) is -0.160. The van der Waals surface area contributed by atoms with E-state index in [0.29, 0.717) is 51.5 Å². The van der Waals surface area contributed by atoms with Crippen molar-refractivity contribution < 1.29 is 13.2 Å². The minimum absolute atomic E-state index is 0.134. The van der Waals surface area contributed by atoms with E-state index in [4.69, 9.17) is 10.00 Å². The maximum Gasteiger partial charge on any atom is 0.304 e. The summed E-state index contributed by atoms with van der Waals surface area (Å²) in [5, 5.41) is 9.02. The zero-order valence-electron chi connectivity index (χ0n) is 14.5. The van der Waals surface area contributed by atoms with Gasteiger partial charge in [-0.2, -0.15) is 18.0 Å². The molecule has 0 N–H and O–H groups in total. The van der Waals surface area contributed by atoms with Gasteiger partial charge < -0.3 is 14.5 Å². The van der Waals surface area contributed by atoms with Crippen LogP contribution < -0.4 is 9.21 Å². The highest BCUT2D eigenvalue weighted by molar-refractivity contribution is 7.90. The number of ether oxygens (including phenoxy) is 1. The maximum atomic E-state index is 13.1. The first kappa shape index (κ1) is 17.3. The number of nitriles is 1. The van der Waals surface area contributed by atoms with Crippen molar-refractivity contribution in [3.63, 3.8) is 0 Å². The number of rotatable bonds is 3. The molecule has 3 fully saturated rings. The molecule has 3 aliphatic rings. The lowest BCUT2D eigenvalue weighted by Gasteiger charge is -2.29. The van der Waals surface area contributed by atoms with Crippen LogP contribution in [-0.2, 0) is 14.9 Å². The van der Waals surface area contributed by atoms with Crippen LogP contribution in [-0.4, -0.2) is 81.1 Å². The number of morpholine rings is 1. The van der Waals surface area contributed by atoms with Crippen LogP contribution in [0.4, 0.5) is 11.5 Å². The van der Waals surface area contributed by atoms with E-state index in [0.717, 1.165) is 18.9 Å². The highest BCUT2D eigenvalue weighted by Crippen LogP contribution is 2.31. The van der Waals surface area contributed by atoms with Gasteiger partial charge in [0.2, 0.25) is 0 Å². The largest absolute Gasteiger partial charge is 0.378 e. The minimum Gasteiger partial charge on any atom is -0.378 e. The summed E-state index contributed by atoms with van der Waals surface area (Å²) in [5.41, 5.74) is 0.638. The zero-order chi connectivity index (χ0) is 18.1. The second-order valence-corrected chi connectivity index (χ2v) is 8.46. The van der Waals surface area contributed by atoms with Gasteiger partial charge in [0.05, 0.1) is 18.9 Å². The molecule has 10 heteroatoms. The van der Waals surface area contributed by atoms with E-state index in [2.05, 4.69) is 16.1 Å². The smallest absolute Gasteiger partial charge is 0.304 e. The van der Waals surface area contributed by atoms with E-state index < -0.39 is 10.2 Å². The lowest BCUT2D eigenvalue weighted by atomic mass is 10.2. The van der Waals surface area contributed by atoms with Crippen LogP contribution in [0.2, 0.25) is 0 Å². The van der Waals surface area contributed by atoms with Gasteiger partial charge in [0, 0.05) is 57.6 Å². The van der Waals surface area contributed by atoms with Gasteiger partial charge in [0.25, 0.3) is 0 Å². The van der Waals surface area contributed by atoms with Gasteiger partial charge in [-0.25, -0.2) is 4.98 Å². The molecular weight excluding hydrogens is 356 g/mol. The molecule has 26 heavy (non-hydrogen) atoms. The first-order valence-corrected chi connectivity index (χ1v) is 10.2. The maximum absolute atomic E-state index is 13.1. The second-order valence-electron chi connectivity index (χ2n) is 6.65. The van der Waals surface area contributed by atoms with Gasteiger partial charge in [-0.3, -0.25) is 4.31 Å². The standard InChI is InChI=1S/C16H22N6O3S/c17-13-19-4-2-15(12-19)22-6-5-21(26(22,23)24)14-1-3-18-16(11-14)20-7-9-25-10-8-20/h1,3,11,15H,2,4-10,12H2. The lowest BCUT2D eigenvalue weighted by molar-refractivity contribution is 0.122. The van der Waals surface area contributed by atoms with Crippen molar-refractivity contribution in [1.29, 1.82) is 5.26 Å². The summed E-state index contributed by atoms with van der Waals surface area (Å²) >= 11 is 0. The van der Waals surface area contributed by atoms with E-state index in [1.807, 2.05) is 6.07 Å². The van der Waals surface area contributed by atoms with Crippen molar-refractivity contribution in [3.05, 3.63) is 18.3 Å². The highest BCUT2D eigenvalue weighted by Gasteiger charge is 2.43. The van der Waals surface area contributed by atoms with E-state index in [1.54, 1.807) is 21.5 Å². The zero-order valence-corrected chi connectivity index (χ0v) is 15.3. The molecule has 0 spiro atoms. The third kappa shape index (κ3) is 3.06. The molecule has 140 valence electrons. The molecule has 0 radical (unpaired) electrons. The second kappa shape index (κ2) is 6.90. The van der Waals surface area contributed by atoms with Gasteiger partial charge in [0.15, 0.2) is 6.19 Å². The van der Waals surface area contributed by atoms with Crippen LogP contribution in [0.15, 0.2) is 18.3 Å². The molecular formula is C16H22N6O3S. The fraction of sp³-hybridized carbons (Fsp3) is 0.625. The quantitative estimate of drug-likeness (QED) is 0.675. The van der Waals surface area contributed by atoms with Crippen LogP contribution in [0.5, 0.6) is 0 Å². The first-order chi connectivity index (χ1) is 12.6. The van der Waals surface area contributed by atoms with E-state index >= 15 is 0 Å². The predicted molar refractivity (Wildman–Crippen MR) is 95.8 cm³/mol. The Labute approximate surface area is 153 Å². The van der Waals surface area contributed by atoms with Crippen molar-refractivity contribution in [1.82, 2.24) is 14.2 Å². The van der Waals surface area contributed by atoms with E-state index in [1.165, 1.54) is 4.31 Å². The van der Waals surface area contributed by atoms with Gasteiger partial charge in [0.1, 0.15) is 5.82 Å². The molecule has 9 nitrogen and oxygen atoms in total. The van der Waals surface area contributed by atoms with E-state index in [-0.39, 0.29) is 6.04 Å². The number of hydrogen-bond donors (Lipinski definition) is 0. The molecule has 0 saturated carbocycles. The summed E-state index contributed by atoms with van der Waals surface area (Å²) < 4.78 is 34.5. The molecule has 0 amide bonds. The topological polar surface area (TPSA) is 93.0 Å². The number of aromatic nitrogens is 1. The molecule has 3 aliphatic heterocycles. The van der Waals surface area contributed by atoms with Gasteiger partial charge in [-0.15, -0.1) is 0 Å². The summed E-state index contributed by atoms with van der Waals surface area (Å²) in [6.45, 7) is 4.75. The van der Waals surface area contributed by atoms with Crippen LogP contribution in [0.1, 0.15) is 6.42 Å². The summed E-state index contributed by atoms with van der Waals surface area (Å²) in [4.78, 5) is 8.12. The van der Waals surface area contributed by atoms with Gasteiger partial charge in [-0.1, -0.05) is 0 Å². The Balaban J connectivity index is 1.54. The Hall–Kier alpha value is -2.09. The molecule has 0 bridgehead atoms. The Bertz CT molecular complexity index is 804. The lowest BCUT2D eigenvalue weighted by Crippen LogP contribution is -2.41. The summed E-state index contributed by atoms with van der Waals surface area (Å²) in [7, 11) is -3.58. The molecule has 4 heterocycles. The molecule has 1 aromatic heterocycles. The Morgan fingerprint density at radius 3 is 2.73 bits per heavy atom. The van der Waals surface area contributed by atoms with Crippen molar-refractivity contribution in [2.24, 2.45) is 0 Å². The van der Waals surface area contributed by atoms with Crippen molar-refractivity contribution in [2.45, 2.75) is 12.5 Å². The number of nitrogens with zero attached hydrogens (tertiary/aromatic N) is 6. The highest BCUT2D eigenvalue weighted by atomic mass is 32.2. The molecule has 3 saturated heterocycles. The summed E-state index contributed by atoms with van der Waals surface area (Å²) in [6.07, 6.45) is 4.45. The molecule has 0 aromatic carbocycles. The molecule has 1 unspecified atom stereocenters. The van der Waals surface area contributed by atoms with Crippen molar-refractivity contribution in [3.8, 4) is 6.19 Å². The summed E-state index contributed by atoms with van der Waals surface area (Å²) in [5.74, 6) is 0.774. The van der Waals surface area contributed by atoms with Gasteiger partial charge >= 0.3 is 10.2 Å². The number of pyridine rings is 1. The summed E-state index contributed by atoms with van der Waals surface area (Å²) in [6, 6.07) is 3.44. The van der Waals surface area contributed by atoms with Crippen molar-refractivity contribution >= 4 is 21.7 Å². The SMILES string of the molecule is N#CN1CCC(N2CCN(c3ccnc(N4CCOCC4)c3)S2(=O)=O)C1. The first-order valence-electron chi connectivity index (χ1n) is 8.82. The van der Waals surface area contributed by atoms with Crippen LogP contribution in [0, 0.1) is 11.5 Å². The Morgan fingerprint density at radius 2 is 2.00 bits per heavy atom. The average Bonchev–Trinajstić information content (AvgIpc) is 3.26. The molecule has 0 aliphatic carbocycles. The van der Waals surface area contributed by atoms with E-state index in [9.17, 15) is 8.42 Å². The number of anilines is 2. The fourth-order valence-corrected chi connectivity index (χ4v) is 5.58. The van der Waals surface area contributed by atoms with Crippen LogP contribution in [0.25, 0.3) is 0 Å². The minimum atomic E-state index is -3.58. The van der Waals surface area contributed by atoms with Crippen molar-refractivity contribution in [2.75, 3.05) is 61.7 Å². The van der Waals surface area contributed by atoms with Crippen LogP contribution in [0.3, 0.4) is 0 Å².